The molecule has 1 unspecified atom stereocenters. The summed E-state index contributed by atoms with van der Waals surface area (Å²) in [4.78, 5) is 0. The minimum absolute atomic E-state index is 0.247. The topological polar surface area (TPSA) is 55.9 Å². The predicted octanol–water partition coefficient (Wildman–Crippen LogP) is 3.08. The lowest BCUT2D eigenvalue weighted by Gasteiger charge is -2.15. The fourth-order valence-corrected chi connectivity index (χ4v) is 2.51. The van der Waals surface area contributed by atoms with E-state index in [1.165, 1.54) is 0 Å². The smallest absolute Gasteiger partial charge is 0.0914 e. The van der Waals surface area contributed by atoms with Gasteiger partial charge in [0, 0.05) is 11.2 Å². The maximum atomic E-state index is 6.24. The van der Waals surface area contributed by atoms with Gasteiger partial charge < -0.3 is 0 Å². The van der Waals surface area contributed by atoms with Crippen LogP contribution < -0.4 is 11.3 Å². The molecule has 21 heavy (non-hydrogen) atoms. The molecular weight excluding hydrogens is 284 g/mol. The van der Waals surface area contributed by atoms with Gasteiger partial charge in [-0.05, 0) is 29.8 Å². The van der Waals surface area contributed by atoms with E-state index >= 15 is 0 Å². The molecule has 1 heterocycles. The third-order valence-corrected chi connectivity index (χ3v) is 3.65. The predicted molar refractivity (Wildman–Crippen MR) is 84.2 cm³/mol. The van der Waals surface area contributed by atoms with Gasteiger partial charge in [-0.1, -0.05) is 48.0 Å². The molecule has 3 N–H and O–H groups in total. The molecular formula is C16H15ClN4. The largest absolute Gasteiger partial charge is 0.271 e. The molecule has 3 rings (SSSR count). The van der Waals surface area contributed by atoms with Crippen molar-refractivity contribution in [1.29, 1.82) is 0 Å². The van der Waals surface area contributed by atoms with Gasteiger partial charge in [-0.3, -0.25) is 5.84 Å². The summed E-state index contributed by atoms with van der Waals surface area (Å²) in [6.07, 6.45) is 1.91. The van der Waals surface area contributed by atoms with Crippen LogP contribution in [0.3, 0.4) is 0 Å². The van der Waals surface area contributed by atoms with Gasteiger partial charge in [-0.25, -0.2) is 10.1 Å². The van der Waals surface area contributed by atoms with E-state index < -0.39 is 0 Å². The number of nitrogens with zero attached hydrogens (tertiary/aromatic N) is 2. The van der Waals surface area contributed by atoms with Crippen molar-refractivity contribution in [2.75, 3.05) is 0 Å². The number of rotatable bonds is 4. The van der Waals surface area contributed by atoms with Crippen LogP contribution >= 0.6 is 11.6 Å². The van der Waals surface area contributed by atoms with Crippen molar-refractivity contribution in [2.24, 2.45) is 5.84 Å². The molecule has 0 amide bonds. The quantitative estimate of drug-likeness (QED) is 0.575. The summed E-state index contributed by atoms with van der Waals surface area (Å²) < 4.78 is 1.82. The molecule has 0 saturated carbocycles. The Morgan fingerprint density at radius 3 is 2.43 bits per heavy atom. The number of nitrogens with one attached hydrogen (secondary N) is 1. The molecule has 1 aromatic heterocycles. The third-order valence-electron chi connectivity index (χ3n) is 3.31. The molecule has 0 saturated heterocycles. The SMILES string of the molecule is NNC(c1ccn(-c2ccccc2)n1)c1ccccc1Cl. The highest BCUT2D eigenvalue weighted by molar-refractivity contribution is 6.31. The summed E-state index contributed by atoms with van der Waals surface area (Å²) in [5, 5.41) is 5.25. The van der Waals surface area contributed by atoms with E-state index in [4.69, 9.17) is 17.4 Å². The zero-order valence-electron chi connectivity index (χ0n) is 11.3. The molecule has 0 aliphatic heterocycles. The first-order chi connectivity index (χ1) is 10.3. The van der Waals surface area contributed by atoms with Crippen molar-refractivity contribution in [3.8, 4) is 5.69 Å². The average molecular weight is 299 g/mol. The number of hydrazine groups is 1. The summed E-state index contributed by atoms with van der Waals surface area (Å²) in [6, 6.07) is 19.2. The Morgan fingerprint density at radius 1 is 1.00 bits per heavy atom. The first kappa shape index (κ1) is 13.8. The van der Waals surface area contributed by atoms with Gasteiger partial charge >= 0.3 is 0 Å². The Kier molecular flexibility index (Phi) is 4.01. The van der Waals surface area contributed by atoms with Gasteiger partial charge in [0.2, 0.25) is 0 Å². The highest BCUT2D eigenvalue weighted by Crippen LogP contribution is 2.26. The summed E-state index contributed by atoms with van der Waals surface area (Å²) in [6.45, 7) is 0. The third kappa shape index (κ3) is 2.83. The summed E-state index contributed by atoms with van der Waals surface area (Å²) in [5.74, 6) is 5.70. The zero-order chi connectivity index (χ0) is 14.7. The fraction of sp³-hybridized carbons (Fsp3) is 0.0625. The van der Waals surface area contributed by atoms with Crippen LogP contribution in [0.15, 0.2) is 66.9 Å². The first-order valence-corrected chi connectivity index (χ1v) is 6.99. The Balaban J connectivity index is 1.96. The summed E-state index contributed by atoms with van der Waals surface area (Å²) >= 11 is 6.24. The maximum Gasteiger partial charge on any atom is 0.0914 e. The zero-order valence-corrected chi connectivity index (χ0v) is 12.0. The Bertz CT molecular complexity index is 724. The molecule has 4 nitrogen and oxygen atoms in total. The summed E-state index contributed by atoms with van der Waals surface area (Å²) in [5.41, 5.74) is 5.50. The second kappa shape index (κ2) is 6.10. The molecule has 2 aromatic carbocycles. The second-order valence-corrected chi connectivity index (χ2v) is 5.05. The van der Waals surface area contributed by atoms with Crippen molar-refractivity contribution in [1.82, 2.24) is 15.2 Å². The van der Waals surface area contributed by atoms with E-state index in [0.29, 0.717) is 5.02 Å². The van der Waals surface area contributed by atoms with Crippen molar-refractivity contribution in [2.45, 2.75) is 6.04 Å². The normalized spacial score (nSPS) is 12.3. The van der Waals surface area contributed by atoms with E-state index in [1.807, 2.05) is 71.5 Å². The number of para-hydroxylation sites is 1. The fourth-order valence-electron chi connectivity index (χ4n) is 2.26. The van der Waals surface area contributed by atoms with Gasteiger partial charge in [0.05, 0.1) is 17.4 Å². The number of hydrogen-bond acceptors (Lipinski definition) is 3. The minimum atomic E-state index is -0.247. The molecule has 0 aliphatic carbocycles. The molecule has 0 bridgehead atoms. The Hall–Kier alpha value is -2.14. The van der Waals surface area contributed by atoms with Crippen molar-refractivity contribution in [3.63, 3.8) is 0 Å². The summed E-state index contributed by atoms with van der Waals surface area (Å²) in [7, 11) is 0. The van der Waals surface area contributed by atoms with Crippen molar-refractivity contribution < 1.29 is 0 Å². The van der Waals surface area contributed by atoms with Crippen LogP contribution in [0.1, 0.15) is 17.3 Å². The highest BCUT2D eigenvalue weighted by atomic mass is 35.5. The van der Waals surface area contributed by atoms with Gasteiger partial charge in [0.15, 0.2) is 0 Å². The number of aromatic nitrogens is 2. The molecule has 106 valence electrons. The maximum absolute atomic E-state index is 6.24. The number of hydrogen-bond donors (Lipinski definition) is 2. The van der Waals surface area contributed by atoms with Gasteiger partial charge in [0.1, 0.15) is 0 Å². The lowest BCUT2D eigenvalue weighted by Crippen LogP contribution is -2.29. The van der Waals surface area contributed by atoms with E-state index in [0.717, 1.165) is 16.9 Å². The van der Waals surface area contributed by atoms with E-state index in [-0.39, 0.29) is 6.04 Å². The van der Waals surface area contributed by atoms with E-state index in [1.54, 1.807) is 0 Å². The van der Waals surface area contributed by atoms with Crippen molar-refractivity contribution >= 4 is 11.6 Å². The average Bonchev–Trinajstić information content (AvgIpc) is 3.00. The van der Waals surface area contributed by atoms with Crippen LogP contribution in [0, 0.1) is 0 Å². The van der Waals surface area contributed by atoms with Gasteiger partial charge in [-0.2, -0.15) is 5.10 Å². The van der Waals surface area contributed by atoms with Crippen LogP contribution in [-0.2, 0) is 0 Å². The second-order valence-electron chi connectivity index (χ2n) is 4.64. The highest BCUT2D eigenvalue weighted by Gasteiger charge is 2.18. The van der Waals surface area contributed by atoms with E-state index in [2.05, 4.69) is 10.5 Å². The molecule has 0 spiro atoms. The number of halogens is 1. The van der Waals surface area contributed by atoms with Crippen LogP contribution in [0.2, 0.25) is 5.02 Å². The lowest BCUT2D eigenvalue weighted by atomic mass is 10.0. The van der Waals surface area contributed by atoms with Crippen LogP contribution in [0.4, 0.5) is 0 Å². The molecule has 3 aromatic rings. The Morgan fingerprint density at radius 2 is 1.71 bits per heavy atom. The number of nitrogens with two attached hydrogens (primary N) is 1. The minimum Gasteiger partial charge on any atom is -0.271 e. The molecule has 1 atom stereocenters. The molecule has 0 fully saturated rings. The molecule has 0 radical (unpaired) electrons. The Labute approximate surface area is 128 Å². The monoisotopic (exact) mass is 298 g/mol. The van der Waals surface area contributed by atoms with Crippen molar-refractivity contribution in [3.05, 3.63) is 83.1 Å². The molecule has 5 heteroatoms. The van der Waals surface area contributed by atoms with Crippen LogP contribution in [0.25, 0.3) is 5.69 Å². The van der Waals surface area contributed by atoms with E-state index in [9.17, 15) is 0 Å². The number of benzene rings is 2. The van der Waals surface area contributed by atoms with Gasteiger partial charge in [0.25, 0.3) is 0 Å². The lowest BCUT2D eigenvalue weighted by molar-refractivity contribution is 0.612. The van der Waals surface area contributed by atoms with Crippen LogP contribution in [-0.4, -0.2) is 9.78 Å². The van der Waals surface area contributed by atoms with Crippen LogP contribution in [0.5, 0.6) is 0 Å². The standard InChI is InChI=1S/C16H15ClN4/c17-14-9-5-4-8-13(14)16(19-18)15-10-11-21(20-15)12-6-2-1-3-7-12/h1-11,16,19H,18H2. The molecule has 0 aliphatic rings. The first-order valence-electron chi connectivity index (χ1n) is 6.61. The van der Waals surface area contributed by atoms with Gasteiger partial charge in [-0.15, -0.1) is 0 Å².